The second-order valence-corrected chi connectivity index (χ2v) is 4.46. The summed E-state index contributed by atoms with van der Waals surface area (Å²) in [6.07, 6.45) is 0. The number of nitrogens with zero attached hydrogens (tertiary/aromatic N) is 2. The molecule has 1 aromatic carbocycles. The van der Waals surface area contributed by atoms with E-state index < -0.39 is 24.0 Å². The Balaban J connectivity index is 2.60. The highest BCUT2D eigenvalue weighted by molar-refractivity contribution is 5.90. The Morgan fingerprint density at radius 1 is 1.27 bits per heavy atom. The van der Waals surface area contributed by atoms with Crippen LogP contribution in [-0.2, 0) is 16.1 Å². The minimum Gasteiger partial charge on any atom is -0.462 e. The smallest absolute Gasteiger partial charge is 0.343 e. The monoisotopic (exact) mass is 301 g/mol. The Kier molecular flexibility index (Phi) is 4.67. The molecule has 7 heteroatoms. The number of nitrogens with two attached hydrogens (primary N) is 1. The number of carbonyl (C=O) groups excluding carboxylic acids is 2. The van der Waals surface area contributed by atoms with Crippen molar-refractivity contribution in [2.75, 3.05) is 6.61 Å². The van der Waals surface area contributed by atoms with Crippen molar-refractivity contribution in [1.29, 1.82) is 0 Å². The van der Waals surface area contributed by atoms with Gasteiger partial charge in [-0.25, -0.2) is 9.48 Å². The number of hydrogen-bond donors (Lipinski definition) is 1. The fourth-order valence-corrected chi connectivity index (χ4v) is 1.90. The Bertz CT molecular complexity index is 753. The largest absolute Gasteiger partial charge is 0.462 e. The lowest BCUT2D eigenvalue weighted by atomic mass is 10.1. The van der Waals surface area contributed by atoms with Crippen LogP contribution in [-0.4, -0.2) is 28.3 Å². The van der Waals surface area contributed by atoms with E-state index in [2.05, 4.69) is 5.10 Å². The van der Waals surface area contributed by atoms with E-state index in [1.54, 1.807) is 31.2 Å². The number of rotatable bonds is 5. The molecule has 2 rings (SSSR count). The molecule has 1 amide bonds. The van der Waals surface area contributed by atoms with E-state index in [9.17, 15) is 14.4 Å². The lowest BCUT2D eigenvalue weighted by Crippen LogP contribution is -2.34. The normalized spacial score (nSPS) is 10.2. The van der Waals surface area contributed by atoms with Gasteiger partial charge in [-0.05, 0) is 13.0 Å². The Hall–Kier alpha value is -2.96. The molecule has 0 aliphatic carbocycles. The van der Waals surface area contributed by atoms with Gasteiger partial charge >= 0.3 is 5.97 Å². The predicted octanol–water partition coefficient (Wildman–Crippen LogP) is 0.572. The Morgan fingerprint density at radius 2 is 1.95 bits per heavy atom. The lowest BCUT2D eigenvalue weighted by Gasteiger charge is -2.09. The third-order valence-corrected chi connectivity index (χ3v) is 2.84. The molecule has 0 saturated carbocycles. The second kappa shape index (κ2) is 6.66. The van der Waals surface area contributed by atoms with Gasteiger partial charge in [0.2, 0.25) is 5.91 Å². The third-order valence-electron chi connectivity index (χ3n) is 2.84. The molecule has 7 nitrogen and oxygen atoms in total. The molecule has 114 valence electrons. The number of ether oxygens (including phenoxy) is 1. The zero-order valence-corrected chi connectivity index (χ0v) is 12.0. The molecular weight excluding hydrogens is 286 g/mol. The van der Waals surface area contributed by atoms with Gasteiger partial charge in [-0.2, -0.15) is 5.10 Å². The Morgan fingerprint density at radius 3 is 2.55 bits per heavy atom. The van der Waals surface area contributed by atoms with Gasteiger partial charge in [-0.15, -0.1) is 0 Å². The first-order valence-corrected chi connectivity index (χ1v) is 6.66. The molecule has 0 unspecified atom stereocenters. The number of carbonyl (C=O) groups is 2. The van der Waals surface area contributed by atoms with Crippen molar-refractivity contribution in [3.8, 4) is 11.3 Å². The molecular formula is C15H15N3O4. The van der Waals surface area contributed by atoms with Gasteiger partial charge in [0.1, 0.15) is 12.1 Å². The van der Waals surface area contributed by atoms with Crippen molar-refractivity contribution in [2.45, 2.75) is 13.5 Å². The summed E-state index contributed by atoms with van der Waals surface area (Å²) in [7, 11) is 0. The van der Waals surface area contributed by atoms with Gasteiger partial charge in [0, 0.05) is 5.56 Å². The van der Waals surface area contributed by atoms with E-state index in [0.29, 0.717) is 11.3 Å². The molecule has 1 aromatic heterocycles. The average molecular weight is 301 g/mol. The second-order valence-electron chi connectivity index (χ2n) is 4.46. The highest BCUT2D eigenvalue weighted by Crippen LogP contribution is 2.16. The maximum atomic E-state index is 12.2. The zero-order chi connectivity index (χ0) is 16.1. The molecule has 0 aliphatic rings. The number of hydrogen-bond acceptors (Lipinski definition) is 5. The number of aromatic nitrogens is 2. The highest BCUT2D eigenvalue weighted by Gasteiger charge is 2.18. The van der Waals surface area contributed by atoms with E-state index in [4.69, 9.17) is 10.5 Å². The molecule has 0 radical (unpaired) electrons. The Labute approximate surface area is 126 Å². The summed E-state index contributed by atoms with van der Waals surface area (Å²) in [5, 5.41) is 4.08. The summed E-state index contributed by atoms with van der Waals surface area (Å²) < 4.78 is 5.74. The van der Waals surface area contributed by atoms with Crippen molar-refractivity contribution in [2.24, 2.45) is 5.73 Å². The molecule has 0 fully saturated rings. The summed E-state index contributed by atoms with van der Waals surface area (Å²) in [5.41, 5.74) is 5.30. The lowest BCUT2D eigenvalue weighted by molar-refractivity contribution is -0.118. The third kappa shape index (κ3) is 3.38. The number of amides is 1. The summed E-state index contributed by atoms with van der Waals surface area (Å²) in [5.74, 6) is -1.49. The van der Waals surface area contributed by atoms with Gasteiger partial charge in [0.05, 0.1) is 12.3 Å². The van der Waals surface area contributed by atoms with Gasteiger partial charge in [-0.1, -0.05) is 30.3 Å². The highest BCUT2D eigenvalue weighted by atomic mass is 16.5. The number of primary amides is 1. The van der Waals surface area contributed by atoms with Crippen LogP contribution in [0, 0.1) is 0 Å². The number of esters is 1. The summed E-state index contributed by atoms with van der Waals surface area (Å²) in [4.78, 5) is 35.2. The van der Waals surface area contributed by atoms with E-state index in [1.165, 1.54) is 6.07 Å². The van der Waals surface area contributed by atoms with Crippen LogP contribution in [0.5, 0.6) is 0 Å². The first kappa shape index (κ1) is 15.4. The maximum Gasteiger partial charge on any atom is 0.343 e. The van der Waals surface area contributed by atoms with Gasteiger partial charge < -0.3 is 10.5 Å². The van der Waals surface area contributed by atoms with E-state index in [1.807, 2.05) is 6.07 Å². The predicted molar refractivity (Wildman–Crippen MR) is 79.1 cm³/mol. The molecule has 0 bridgehead atoms. The fraction of sp³-hybridized carbons (Fsp3) is 0.200. The van der Waals surface area contributed by atoms with Crippen molar-refractivity contribution in [3.05, 3.63) is 52.3 Å². The quantitative estimate of drug-likeness (QED) is 0.813. The van der Waals surface area contributed by atoms with E-state index >= 15 is 0 Å². The minimum atomic E-state index is -0.759. The van der Waals surface area contributed by atoms with Crippen molar-refractivity contribution >= 4 is 11.9 Å². The van der Waals surface area contributed by atoms with E-state index in [-0.39, 0.29) is 12.2 Å². The van der Waals surface area contributed by atoms with Gasteiger partial charge in [0.15, 0.2) is 0 Å². The van der Waals surface area contributed by atoms with Crippen molar-refractivity contribution in [3.63, 3.8) is 0 Å². The molecule has 1 heterocycles. The van der Waals surface area contributed by atoms with Crippen LogP contribution in [0.15, 0.2) is 41.2 Å². The topological polar surface area (TPSA) is 104 Å². The molecule has 0 aliphatic heterocycles. The minimum absolute atomic E-state index is 0.136. The molecule has 2 aromatic rings. The molecule has 0 saturated heterocycles. The standard InChI is InChI=1S/C15H15N3O4/c1-2-22-15(21)11-8-12(10-6-4-3-5-7-10)17-18(14(11)20)9-13(16)19/h3-8H,2,9H2,1H3,(H2,16,19). The first-order valence-electron chi connectivity index (χ1n) is 6.66. The first-order chi connectivity index (χ1) is 10.5. The molecule has 22 heavy (non-hydrogen) atoms. The maximum absolute atomic E-state index is 12.2. The van der Waals surface area contributed by atoms with Crippen molar-refractivity contribution in [1.82, 2.24) is 9.78 Å². The van der Waals surface area contributed by atoms with Crippen LogP contribution >= 0.6 is 0 Å². The average Bonchev–Trinajstić information content (AvgIpc) is 2.50. The molecule has 0 atom stereocenters. The molecule has 2 N–H and O–H groups in total. The van der Waals surface area contributed by atoms with Crippen LogP contribution in [0.3, 0.4) is 0 Å². The SMILES string of the molecule is CCOC(=O)c1cc(-c2ccccc2)nn(CC(N)=O)c1=O. The fourth-order valence-electron chi connectivity index (χ4n) is 1.90. The van der Waals surface area contributed by atoms with Gasteiger partial charge in [0.25, 0.3) is 5.56 Å². The van der Waals surface area contributed by atoms with Crippen LogP contribution < -0.4 is 11.3 Å². The summed E-state index contributed by atoms with van der Waals surface area (Å²) in [6, 6.07) is 10.3. The molecule has 0 spiro atoms. The summed E-state index contributed by atoms with van der Waals surface area (Å²) in [6.45, 7) is 1.36. The zero-order valence-electron chi connectivity index (χ0n) is 12.0. The van der Waals surface area contributed by atoms with Gasteiger partial charge in [-0.3, -0.25) is 9.59 Å². The number of benzene rings is 1. The van der Waals surface area contributed by atoms with Crippen LogP contribution in [0.2, 0.25) is 0 Å². The van der Waals surface area contributed by atoms with E-state index in [0.717, 1.165) is 4.68 Å². The summed E-state index contributed by atoms with van der Waals surface area (Å²) >= 11 is 0. The van der Waals surface area contributed by atoms with Crippen LogP contribution in [0.1, 0.15) is 17.3 Å². The van der Waals surface area contributed by atoms with Crippen molar-refractivity contribution < 1.29 is 14.3 Å². The van der Waals surface area contributed by atoms with Crippen LogP contribution in [0.4, 0.5) is 0 Å². The van der Waals surface area contributed by atoms with Crippen LogP contribution in [0.25, 0.3) is 11.3 Å².